The molecule has 0 spiro atoms. The van der Waals surface area contributed by atoms with Crippen molar-refractivity contribution in [2.24, 2.45) is 5.73 Å². The predicted molar refractivity (Wildman–Crippen MR) is 75.2 cm³/mol. The summed E-state index contributed by atoms with van der Waals surface area (Å²) in [5.74, 6) is 5.33. The summed E-state index contributed by atoms with van der Waals surface area (Å²) in [6.07, 6.45) is 0. The van der Waals surface area contributed by atoms with Crippen LogP contribution in [0.2, 0.25) is 0 Å². The van der Waals surface area contributed by atoms with E-state index in [1.807, 2.05) is 6.92 Å². The monoisotopic (exact) mass is 275 g/mol. The quantitative estimate of drug-likeness (QED) is 0.771. The van der Waals surface area contributed by atoms with Crippen molar-refractivity contribution in [3.63, 3.8) is 0 Å². The van der Waals surface area contributed by atoms with E-state index >= 15 is 0 Å². The highest BCUT2D eigenvalue weighted by atomic mass is 19.1. The van der Waals surface area contributed by atoms with Crippen LogP contribution in [0.1, 0.15) is 18.1 Å². The second-order valence-electron chi connectivity index (χ2n) is 4.74. The van der Waals surface area contributed by atoms with Crippen molar-refractivity contribution in [2.45, 2.75) is 19.5 Å². The molecule has 1 amide bonds. The van der Waals surface area contributed by atoms with Gasteiger partial charge in [-0.1, -0.05) is 17.9 Å². The largest absolute Gasteiger partial charge is 0.353 e. The van der Waals surface area contributed by atoms with Crippen LogP contribution in [0.25, 0.3) is 0 Å². The van der Waals surface area contributed by atoms with Gasteiger partial charge in [-0.15, -0.1) is 0 Å². The van der Waals surface area contributed by atoms with Crippen LogP contribution in [0.4, 0.5) is 4.39 Å². The van der Waals surface area contributed by atoms with Gasteiger partial charge in [0.05, 0.1) is 12.6 Å². The van der Waals surface area contributed by atoms with Crippen molar-refractivity contribution in [1.82, 2.24) is 10.2 Å². The number of halogens is 1. The standard InChI is InChI=1S/C15H18FN3O/c1-11-15(20)18-7-8-19(11)10-13-4-5-14(16)9-12(13)3-2-6-17/h4-5,9,11H,6-8,10,17H2,1H3,(H,18,20). The second kappa shape index (κ2) is 6.51. The van der Waals surface area contributed by atoms with Gasteiger partial charge in [-0.3, -0.25) is 9.69 Å². The fourth-order valence-corrected chi connectivity index (χ4v) is 2.21. The van der Waals surface area contributed by atoms with Crippen molar-refractivity contribution in [3.8, 4) is 11.8 Å². The molecule has 1 aromatic rings. The number of amides is 1. The number of nitrogens with zero attached hydrogens (tertiary/aromatic N) is 1. The van der Waals surface area contributed by atoms with Crippen LogP contribution in [0.5, 0.6) is 0 Å². The average Bonchev–Trinajstić information content (AvgIpc) is 2.44. The number of hydrogen-bond acceptors (Lipinski definition) is 3. The van der Waals surface area contributed by atoms with Crippen LogP contribution in [0.3, 0.4) is 0 Å². The Bertz CT molecular complexity index is 562. The Labute approximate surface area is 118 Å². The summed E-state index contributed by atoms with van der Waals surface area (Å²) in [6.45, 7) is 4.08. The molecule has 0 aliphatic carbocycles. The number of nitrogens with one attached hydrogen (secondary N) is 1. The maximum atomic E-state index is 13.3. The first-order valence-corrected chi connectivity index (χ1v) is 6.61. The van der Waals surface area contributed by atoms with Crippen LogP contribution in [-0.4, -0.2) is 36.5 Å². The lowest BCUT2D eigenvalue weighted by molar-refractivity contribution is -0.128. The van der Waals surface area contributed by atoms with Gasteiger partial charge in [0.25, 0.3) is 0 Å². The van der Waals surface area contributed by atoms with Crippen LogP contribution in [0.15, 0.2) is 18.2 Å². The minimum atomic E-state index is -0.320. The lowest BCUT2D eigenvalue weighted by Crippen LogP contribution is -2.53. The van der Waals surface area contributed by atoms with Crippen LogP contribution in [-0.2, 0) is 11.3 Å². The molecule has 3 N–H and O–H groups in total. The number of hydrogen-bond donors (Lipinski definition) is 2. The van der Waals surface area contributed by atoms with Gasteiger partial charge >= 0.3 is 0 Å². The van der Waals surface area contributed by atoms with Gasteiger partial charge in [-0.2, -0.15) is 0 Å². The third kappa shape index (κ3) is 3.35. The molecule has 0 bridgehead atoms. The van der Waals surface area contributed by atoms with E-state index in [2.05, 4.69) is 22.1 Å². The highest BCUT2D eigenvalue weighted by Gasteiger charge is 2.25. The van der Waals surface area contributed by atoms with Crippen LogP contribution < -0.4 is 11.1 Å². The molecule has 1 aliphatic heterocycles. The molecule has 1 aromatic carbocycles. The number of rotatable bonds is 2. The molecule has 0 radical (unpaired) electrons. The maximum absolute atomic E-state index is 13.3. The van der Waals surface area contributed by atoms with Crippen molar-refractivity contribution in [3.05, 3.63) is 35.1 Å². The number of carbonyl (C=O) groups is 1. The molecule has 2 rings (SSSR count). The Kier molecular flexibility index (Phi) is 4.72. The molecule has 1 fully saturated rings. The van der Waals surface area contributed by atoms with Gasteiger partial charge in [0.2, 0.25) is 5.91 Å². The zero-order valence-electron chi connectivity index (χ0n) is 11.4. The van der Waals surface area contributed by atoms with Crippen molar-refractivity contribution >= 4 is 5.91 Å². The summed E-state index contributed by atoms with van der Waals surface area (Å²) in [5, 5.41) is 2.82. The Morgan fingerprint density at radius 3 is 3.10 bits per heavy atom. The van der Waals surface area contributed by atoms with Gasteiger partial charge in [-0.25, -0.2) is 4.39 Å². The molecule has 5 heteroatoms. The maximum Gasteiger partial charge on any atom is 0.237 e. The summed E-state index contributed by atoms with van der Waals surface area (Å²) in [6, 6.07) is 4.35. The molecular weight excluding hydrogens is 257 g/mol. The minimum Gasteiger partial charge on any atom is -0.353 e. The minimum absolute atomic E-state index is 0.0213. The molecule has 4 nitrogen and oxygen atoms in total. The van der Waals surface area contributed by atoms with E-state index in [4.69, 9.17) is 5.73 Å². The number of piperazine rings is 1. The summed E-state index contributed by atoms with van der Waals surface area (Å²) < 4.78 is 13.3. The molecule has 0 aromatic heterocycles. The van der Waals surface area contributed by atoms with E-state index in [-0.39, 0.29) is 24.3 Å². The van der Waals surface area contributed by atoms with Gasteiger partial charge < -0.3 is 11.1 Å². The molecule has 1 aliphatic rings. The Morgan fingerprint density at radius 2 is 2.35 bits per heavy atom. The molecule has 1 saturated heterocycles. The van der Waals surface area contributed by atoms with Gasteiger partial charge in [0.15, 0.2) is 0 Å². The van der Waals surface area contributed by atoms with E-state index < -0.39 is 0 Å². The van der Waals surface area contributed by atoms with E-state index in [1.165, 1.54) is 12.1 Å². The highest BCUT2D eigenvalue weighted by Crippen LogP contribution is 2.16. The lowest BCUT2D eigenvalue weighted by Gasteiger charge is -2.32. The summed E-state index contributed by atoms with van der Waals surface area (Å²) in [7, 11) is 0. The zero-order chi connectivity index (χ0) is 14.5. The first-order valence-electron chi connectivity index (χ1n) is 6.61. The molecular formula is C15H18FN3O. The molecule has 20 heavy (non-hydrogen) atoms. The number of nitrogens with two attached hydrogens (primary N) is 1. The van der Waals surface area contributed by atoms with Crippen molar-refractivity contribution < 1.29 is 9.18 Å². The fourth-order valence-electron chi connectivity index (χ4n) is 2.21. The Hall–Kier alpha value is -1.90. The van der Waals surface area contributed by atoms with E-state index in [0.29, 0.717) is 18.7 Å². The summed E-state index contributed by atoms with van der Waals surface area (Å²) >= 11 is 0. The van der Waals surface area contributed by atoms with Crippen LogP contribution in [0, 0.1) is 17.7 Å². The second-order valence-corrected chi connectivity index (χ2v) is 4.74. The Morgan fingerprint density at radius 1 is 1.55 bits per heavy atom. The third-order valence-corrected chi connectivity index (χ3v) is 3.40. The van der Waals surface area contributed by atoms with E-state index in [9.17, 15) is 9.18 Å². The molecule has 1 heterocycles. The first-order chi connectivity index (χ1) is 9.61. The van der Waals surface area contributed by atoms with Gasteiger partial charge in [0, 0.05) is 25.2 Å². The molecule has 106 valence electrons. The average molecular weight is 275 g/mol. The third-order valence-electron chi connectivity index (χ3n) is 3.40. The fraction of sp³-hybridized carbons (Fsp3) is 0.400. The predicted octanol–water partition coefficient (Wildman–Crippen LogP) is 0.456. The first kappa shape index (κ1) is 14.5. The van der Waals surface area contributed by atoms with Gasteiger partial charge in [-0.05, 0) is 24.6 Å². The smallest absolute Gasteiger partial charge is 0.237 e. The Balaban J connectivity index is 2.22. The van der Waals surface area contributed by atoms with Crippen molar-refractivity contribution in [1.29, 1.82) is 0 Å². The number of carbonyl (C=O) groups excluding carboxylic acids is 1. The molecule has 0 saturated carbocycles. The topological polar surface area (TPSA) is 58.4 Å². The molecule has 1 unspecified atom stereocenters. The van der Waals surface area contributed by atoms with Crippen molar-refractivity contribution in [2.75, 3.05) is 19.6 Å². The summed E-state index contributed by atoms with van der Waals surface area (Å²) in [4.78, 5) is 13.7. The SMILES string of the molecule is CC1C(=O)NCCN1Cc1ccc(F)cc1C#CCN. The number of benzene rings is 1. The highest BCUT2D eigenvalue weighted by molar-refractivity contribution is 5.82. The lowest BCUT2D eigenvalue weighted by atomic mass is 10.1. The normalized spacial score (nSPS) is 19.1. The zero-order valence-corrected chi connectivity index (χ0v) is 11.4. The van der Waals surface area contributed by atoms with E-state index in [1.54, 1.807) is 6.07 Å². The van der Waals surface area contributed by atoms with Gasteiger partial charge in [0.1, 0.15) is 5.82 Å². The van der Waals surface area contributed by atoms with Crippen LogP contribution >= 0.6 is 0 Å². The molecule has 1 atom stereocenters. The summed E-state index contributed by atoms with van der Waals surface area (Å²) in [5.41, 5.74) is 6.90. The van der Waals surface area contributed by atoms with E-state index in [0.717, 1.165) is 12.1 Å².